The summed E-state index contributed by atoms with van der Waals surface area (Å²) < 4.78 is 1.81. The van der Waals surface area contributed by atoms with Crippen LogP contribution in [0.1, 0.15) is 50.1 Å². The van der Waals surface area contributed by atoms with E-state index in [0.29, 0.717) is 12.2 Å². The Balaban J connectivity index is 1.57. The molecule has 1 aliphatic heterocycles. The fraction of sp³-hybridized carbons (Fsp3) is 0.579. The number of likely N-dealkylation sites (tertiary alicyclic amines) is 1. The monoisotopic (exact) mass is 328 g/mol. The topological polar surface area (TPSA) is 54.2 Å². The molecule has 5 heteroatoms. The number of benzene rings is 1. The summed E-state index contributed by atoms with van der Waals surface area (Å²) in [6.07, 6.45) is 4.70. The molecule has 0 spiro atoms. The first kappa shape index (κ1) is 17.1. The van der Waals surface area contributed by atoms with Crippen LogP contribution in [0.5, 0.6) is 0 Å². The smallest absolute Gasteiger partial charge is 0.124 e. The molecule has 130 valence electrons. The summed E-state index contributed by atoms with van der Waals surface area (Å²) in [4.78, 5) is 2.32. The average molecular weight is 328 g/mol. The Kier molecular flexibility index (Phi) is 5.01. The third-order valence-corrected chi connectivity index (χ3v) is 4.99. The van der Waals surface area contributed by atoms with E-state index in [0.717, 1.165) is 32.4 Å². The summed E-state index contributed by atoms with van der Waals surface area (Å²) in [6, 6.07) is 9.11. The van der Waals surface area contributed by atoms with E-state index in [2.05, 4.69) is 60.2 Å². The van der Waals surface area contributed by atoms with Crippen LogP contribution in [0.2, 0.25) is 0 Å². The van der Waals surface area contributed by atoms with Gasteiger partial charge >= 0.3 is 0 Å². The number of hydrogen-bond donors (Lipinski definition) is 1. The number of aliphatic hydroxyl groups is 1. The fourth-order valence-corrected chi connectivity index (χ4v) is 3.24. The lowest BCUT2D eigenvalue weighted by Crippen LogP contribution is -2.32. The third-order valence-electron chi connectivity index (χ3n) is 4.99. The van der Waals surface area contributed by atoms with Crippen molar-refractivity contribution in [2.75, 3.05) is 19.6 Å². The first-order valence-electron chi connectivity index (χ1n) is 8.95. The average Bonchev–Trinajstić information content (AvgIpc) is 3.21. The van der Waals surface area contributed by atoms with Gasteiger partial charge < -0.3 is 5.11 Å². The van der Waals surface area contributed by atoms with Gasteiger partial charge in [-0.25, -0.2) is 4.68 Å². The van der Waals surface area contributed by atoms with Gasteiger partial charge in [-0.15, -0.1) is 5.10 Å². The van der Waals surface area contributed by atoms with Crippen LogP contribution < -0.4 is 0 Å². The van der Waals surface area contributed by atoms with Gasteiger partial charge in [-0.05, 0) is 44.2 Å². The summed E-state index contributed by atoms with van der Waals surface area (Å²) in [5.41, 5.74) is 2.57. The second-order valence-electron chi connectivity index (χ2n) is 7.16. The minimum absolute atomic E-state index is 0.262. The molecule has 1 atom stereocenters. The quantitative estimate of drug-likeness (QED) is 0.885. The van der Waals surface area contributed by atoms with Crippen molar-refractivity contribution in [1.82, 2.24) is 19.9 Å². The normalized spacial score (nSPS) is 21.7. The van der Waals surface area contributed by atoms with Gasteiger partial charge in [-0.3, -0.25) is 4.90 Å². The van der Waals surface area contributed by atoms with Crippen molar-refractivity contribution in [3.05, 3.63) is 47.3 Å². The number of β-amino-alcohol motifs (C(OH)–C–C–N with tert-alkyl or cyclic N) is 1. The van der Waals surface area contributed by atoms with Gasteiger partial charge in [0.2, 0.25) is 0 Å². The van der Waals surface area contributed by atoms with Gasteiger partial charge in [0, 0.05) is 25.7 Å². The number of hydrogen-bond acceptors (Lipinski definition) is 4. The van der Waals surface area contributed by atoms with Crippen LogP contribution in [-0.2, 0) is 18.4 Å². The van der Waals surface area contributed by atoms with E-state index in [4.69, 9.17) is 0 Å². The lowest BCUT2D eigenvalue weighted by atomic mass is 10.00. The summed E-state index contributed by atoms with van der Waals surface area (Å²) in [7, 11) is 0. The number of nitrogens with zero attached hydrogens (tertiary/aromatic N) is 4. The lowest BCUT2D eigenvalue weighted by Gasteiger charge is -2.21. The van der Waals surface area contributed by atoms with Crippen LogP contribution in [-0.4, -0.2) is 44.6 Å². The zero-order valence-electron chi connectivity index (χ0n) is 14.9. The van der Waals surface area contributed by atoms with Gasteiger partial charge in [0.1, 0.15) is 11.3 Å². The van der Waals surface area contributed by atoms with Gasteiger partial charge in [-0.2, -0.15) is 0 Å². The van der Waals surface area contributed by atoms with Crippen molar-refractivity contribution in [3.63, 3.8) is 0 Å². The standard InChI is InChI=1S/C19H28N4O/c1-4-16-5-7-17(8-6-16)9-11-22-12-10-19(24,14-22)18-13-23(15(2)3)21-20-18/h5-8,13,15,24H,4,9-12,14H2,1-3H3/t19-/m0/s1. The second kappa shape index (κ2) is 7.03. The molecule has 1 aromatic carbocycles. The van der Waals surface area contributed by atoms with E-state index < -0.39 is 5.60 Å². The van der Waals surface area contributed by atoms with Crippen LogP contribution in [0.15, 0.2) is 30.5 Å². The number of rotatable bonds is 6. The molecule has 24 heavy (non-hydrogen) atoms. The maximum Gasteiger partial charge on any atom is 0.124 e. The summed E-state index contributed by atoms with van der Waals surface area (Å²) >= 11 is 0. The molecule has 0 bridgehead atoms. The molecule has 0 radical (unpaired) electrons. The molecule has 5 nitrogen and oxygen atoms in total. The summed E-state index contributed by atoms with van der Waals surface area (Å²) in [5.74, 6) is 0. The minimum Gasteiger partial charge on any atom is -0.382 e. The van der Waals surface area contributed by atoms with Crippen molar-refractivity contribution in [2.45, 2.75) is 51.7 Å². The molecule has 3 rings (SSSR count). The lowest BCUT2D eigenvalue weighted by molar-refractivity contribution is 0.0418. The van der Waals surface area contributed by atoms with E-state index in [1.54, 1.807) is 0 Å². The van der Waals surface area contributed by atoms with Crippen LogP contribution in [0.4, 0.5) is 0 Å². The van der Waals surface area contributed by atoms with Gasteiger partial charge in [-0.1, -0.05) is 36.4 Å². The van der Waals surface area contributed by atoms with Crippen LogP contribution in [0, 0.1) is 0 Å². The highest BCUT2D eigenvalue weighted by Crippen LogP contribution is 2.30. The maximum absolute atomic E-state index is 10.9. The molecular weight excluding hydrogens is 300 g/mol. The Bertz CT molecular complexity index is 664. The fourth-order valence-electron chi connectivity index (χ4n) is 3.24. The first-order valence-corrected chi connectivity index (χ1v) is 8.95. The van der Waals surface area contributed by atoms with Crippen LogP contribution in [0.25, 0.3) is 0 Å². The Morgan fingerprint density at radius 2 is 1.92 bits per heavy atom. The highest BCUT2D eigenvalue weighted by Gasteiger charge is 2.39. The molecule has 1 aromatic heterocycles. The third kappa shape index (κ3) is 3.68. The molecule has 2 aromatic rings. The van der Waals surface area contributed by atoms with E-state index in [-0.39, 0.29) is 6.04 Å². The Morgan fingerprint density at radius 1 is 1.21 bits per heavy atom. The largest absolute Gasteiger partial charge is 0.382 e. The molecule has 1 aliphatic rings. The van der Waals surface area contributed by atoms with Gasteiger partial charge in [0.15, 0.2) is 0 Å². The Hall–Kier alpha value is -1.72. The molecule has 0 aliphatic carbocycles. The van der Waals surface area contributed by atoms with Crippen molar-refractivity contribution >= 4 is 0 Å². The Morgan fingerprint density at radius 3 is 2.54 bits per heavy atom. The van der Waals surface area contributed by atoms with Gasteiger partial charge in [0.05, 0.1) is 6.20 Å². The van der Waals surface area contributed by atoms with Crippen molar-refractivity contribution in [2.24, 2.45) is 0 Å². The predicted molar refractivity (Wildman–Crippen MR) is 94.9 cm³/mol. The minimum atomic E-state index is -0.862. The van der Waals surface area contributed by atoms with E-state index >= 15 is 0 Å². The second-order valence-corrected chi connectivity index (χ2v) is 7.16. The van der Waals surface area contributed by atoms with Crippen molar-refractivity contribution < 1.29 is 5.11 Å². The van der Waals surface area contributed by atoms with E-state index in [1.165, 1.54) is 11.1 Å². The molecular formula is C19H28N4O. The van der Waals surface area contributed by atoms with Crippen molar-refractivity contribution in [3.8, 4) is 0 Å². The molecule has 0 saturated carbocycles. The number of aromatic nitrogens is 3. The molecule has 2 heterocycles. The molecule has 1 fully saturated rings. The van der Waals surface area contributed by atoms with E-state index in [9.17, 15) is 5.11 Å². The molecule has 1 saturated heterocycles. The van der Waals surface area contributed by atoms with Crippen LogP contribution in [0.3, 0.4) is 0 Å². The zero-order valence-corrected chi connectivity index (χ0v) is 14.9. The zero-order chi connectivity index (χ0) is 17.2. The molecule has 0 unspecified atom stereocenters. The summed E-state index contributed by atoms with van der Waals surface area (Å²) in [5, 5.41) is 19.3. The SMILES string of the molecule is CCc1ccc(CCN2CC[C@@](O)(c3cn(C(C)C)nn3)C2)cc1. The maximum atomic E-state index is 10.9. The highest BCUT2D eigenvalue weighted by molar-refractivity contribution is 5.22. The van der Waals surface area contributed by atoms with Crippen LogP contribution >= 0.6 is 0 Å². The van der Waals surface area contributed by atoms with E-state index in [1.807, 2.05) is 10.9 Å². The molecule has 0 amide bonds. The molecule has 1 N–H and O–H groups in total. The highest BCUT2D eigenvalue weighted by atomic mass is 16.3. The summed E-state index contributed by atoms with van der Waals surface area (Å²) in [6.45, 7) is 8.80. The predicted octanol–water partition coefficient (Wildman–Crippen LogP) is 2.56. The Labute approximate surface area is 144 Å². The van der Waals surface area contributed by atoms with Gasteiger partial charge in [0.25, 0.3) is 0 Å². The number of aryl methyl sites for hydroxylation is 1. The first-order chi connectivity index (χ1) is 11.5. The van der Waals surface area contributed by atoms with Crippen molar-refractivity contribution in [1.29, 1.82) is 0 Å².